The van der Waals surface area contributed by atoms with Crippen molar-refractivity contribution < 1.29 is 14.7 Å². The van der Waals surface area contributed by atoms with Gasteiger partial charge >= 0.3 is 5.97 Å². The van der Waals surface area contributed by atoms with E-state index >= 15 is 0 Å². The zero-order valence-electron chi connectivity index (χ0n) is 8.11. The number of hydrogen-bond donors (Lipinski definition) is 1. The number of esters is 1. The molecule has 0 atom stereocenters. The second kappa shape index (κ2) is 5.36. The van der Waals surface area contributed by atoms with Crippen molar-refractivity contribution in [3.8, 4) is 0 Å². The van der Waals surface area contributed by atoms with Gasteiger partial charge in [0.25, 0.3) is 0 Å². The number of methoxy groups -OCH3 is 1. The summed E-state index contributed by atoms with van der Waals surface area (Å²) in [7, 11) is 1.33. The standard InChI is InChI=1S/C10H10ClNO3/c1-15-10(13)5-7-2-3-8(6-12-14)9(11)4-7/h2-4,6,14H,5H2,1H3/b12-6+. The number of nitrogens with zero attached hydrogens (tertiary/aromatic N) is 1. The number of halogens is 1. The van der Waals surface area contributed by atoms with Crippen LogP contribution < -0.4 is 0 Å². The van der Waals surface area contributed by atoms with Gasteiger partial charge in [-0.1, -0.05) is 28.9 Å². The van der Waals surface area contributed by atoms with Crippen molar-refractivity contribution in [1.29, 1.82) is 0 Å². The SMILES string of the molecule is COC(=O)Cc1ccc(/C=N/O)c(Cl)c1. The number of carbonyl (C=O) groups excluding carboxylic acids is 1. The molecule has 0 radical (unpaired) electrons. The van der Waals surface area contributed by atoms with Crippen LogP contribution in [0.5, 0.6) is 0 Å². The number of hydrogen-bond acceptors (Lipinski definition) is 4. The highest BCUT2D eigenvalue weighted by molar-refractivity contribution is 6.33. The Labute approximate surface area is 92.1 Å². The van der Waals surface area contributed by atoms with Crippen LogP contribution in [0.1, 0.15) is 11.1 Å². The molecule has 4 nitrogen and oxygen atoms in total. The summed E-state index contributed by atoms with van der Waals surface area (Å²) in [4.78, 5) is 11.0. The lowest BCUT2D eigenvalue weighted by Crippen LogP contribution is -2.04. The summed E-state index contributed by atoms with van der Waals surface area (Å²) in [6.07, 6.45) is 1.40. The topological polar surface area (TPSA) is 58.9 Å². The minimum Gasteiger partial charge on any atom is -0.469 e. The number of ether oxygens (including phenoxy) is 1. The molecule has 0 aliphatic carbocycles. The molecule has 0 aliphatic rings. The summed E-state index contributed by atoms with van der Waals surface area (Å²) in [6.45, 7) is 0. The van der Waals surface area contributed by atoms with Crippen LogP contribution in [0.4, 0.5) is 0 Å². The average molecular weight is 228 g/mol. The minimum atomic E-state index is -0.324. The number of benzene rings is 1. The third-order valence-corrected chi connectivity index (χ3v) is 2.17. The molecule has 1 rings (SSSR count). The van der Waals surface area contributed by atoms with Gasteiger partial charge in [-0.2, -0.15) is 0 Å². The summed E-state index contributed by atoms with van der Waals surface area (Å²) in [6, 6.07) is 5.02. The minimum absolute atomic E-state index is 0.173. The Hall–Kier alpha value is -1.55. The van der Waals surface area contributed by atoms with E-state index in [4.69, 9.17) is 16.8 Å². The van der Waals surface area contributed by atoms with E-state index in [1.165, 1.54) is 13.3 Å². The predicted molar refractivity (Wildman–Crippen MR) is 56.6 cm³/mol. The van der Waals surface area contributed by atoms with Crippen LogP contribution in [0.15, 0.2) is 23.4 Å². The first-order valence-electron chi connectivity index (χ1n) is 4.20. The van der Waals surface area contributed by atoms with E-state index in [9.17, 15) is 4.79 Å². The van der Waals surface area contributed by atoms with Gasteiger partial charge in [-0.25, -0.2) is 0 Å². The molecule has 0 spiro atoms. The second-order valence-corrected chi connectivity index (χ2v) is 3.26. The number of oxime groups is 1. The van der Waals surface area contributed by atoms with Gasteiger partial charge in [0.05, 0.1) is 19.7 Å². The lowest BCUT2D eigenvalue weighted by Gasteiger charge is -2.02. The van der Waals surface area contributed by atoms with E-state index in [1.807, 2.05) is 0 Å². The Balaban J connectivity index is 2.86. The molecule has 0 saturated heterocycles. The van der Waals surface area contributed by atoms with Crippen molar-refractivity contribution in [3.05, 3.63) is 34.3 Å². The Morgan fingerprint density at radius 2 is 2.40 bits per heavy atom. The molecule has 1 aromatic rings. The summed E-state index contributed by atoms with van der Waals surface area (Å²) in [5.74, 6) is -0.324. The Bertz CT molecular complexity index is 390. The van der Waals surface area contributed by atoms with E-state index < -0.39 is 0 Å². The molecule has 1 aromatic carbocycles. The summed E-state index contributed by atoms with van der Waals surface area (Å²) in [5.41, 5.74) is 1.34. The van der Waals surface area contributed by atoms with Crippen molar-refractivity contribution in [2.75, 3.05) is 7.11 Å². The molecule has 0 fully saturated rings. The van der Waals surface area contributed by atoms with Gasteiger partial charge in [0.2, 0.25) is 0 Å². The molecule has 5 heteroatoms. The zero-order chi connectivity index (χ0) is 11.3. The van der Waals surface area contributed by atoms with Crippen LogP contribution in [0.25, 0.3) is 0 Å². The number of rotatable bonds is 3. The highest BCUT2D eigenvalue weighted by Gasteiger charge is 2.05. The first kappa shape index (κ1) is 11.5. The first-order chi connectivity index (χ1) is 7.17. The van der Waals surface area contributed by atoms with Crippen LogP contribution in [-0.2, 0) is 16.0 Å². The average Bonchev–Trinajstić information content (AvgIpc) is 2.22. The van der Waals surface area contributed by atoms with E-state index in [2.05, 4.69) is 9.89 Å². The number of carbonyl (C=O) groups is 1. The Kier molecular flexibility index (Phi) is 4.12. The molecule has 15 heavy (non-hydrogen) atoms. The molecule has 0 amide bonds. The Morgan fingerprint density at radius 1 is 1.67 bits per heavy atom. The molecular weight excluding hydrogens is 218 g/mol. The maximum absolute atomic E-state index is 11.0. The lowest BCUT2D eigenvalue weighted by molar-refractivity contribution is -0.139. The van der Waals surface area contributed by atoms with Crippen LogP contribution in [0.2, 0.25) is 5.02 Å². The first-order valence-corrected chi connectivity index (χ1v) is 4.58. The van der Waals surface area contributed by atoms with E-state index in [1.54, 1.807) is 18.2 Å². The van der Waals surface area contributed by atoms with E-state index in [0.29, 0.717) is 10.6 Å². The fourth-order valence-electron chi connectivity index (χ4n) is 1.09. The van der Waals surface area contributed by atoms with Crippen LogP contribution in [0, 0.1) is 0 Å². The van der Waals surface area contributed by atoms with Gasteiger partial charge in [-0.05, 0) is 11.6 Å². The van der Waals surface area contributed by atoms with Crippen molar-refractivity contribution in [2.45, 2.75) is 6.42 Å². The van der Waals surface area contributed by atoms with Gasteiger partial charge in [0, 0.05) is 10.6 Å². The highest BCUT2D eigenvalue weighted by Crippen LogP contribution is 2.16. The Morgan fingerprint density at radius 3 is 2.93 bits per heavy atom. The van der Waals surface area contributed by atoms with Crippen LogP contribution in [-0.4, -0.2) is 24.5 Å². The van der Waals surface area contributed by atoms with Gasteiger partial charge in [0.15, 0.2) is 0 Å². The molecule has 0 aliphatic heterocycles. The zero-order valence-corrected chi connectivity index (χ0v) is 8.86. The van der Waals surface area contributed by atoms with Crippen molar-refractivity contribution in [3.63, 3.8) is 0 Å². The van der Waals surface area contributed by atoms with Crippen molar-refractivity contribution in [1.82, 2.24) is 0 Å². The third kappa shape index (κ3) is 3.25. The normalized spacial score (nSPS) is 10.5. The van der Waals surface area contributed by atoms with Gasteiger partial charge in [-0.15, -0.1) is 0 Å². The molecule has 0 saturated carbocycles. The lowest BCUT2D eigenvalue weighted by atomic mass is 10.1. The largest absolute Gasteiger partial charge is 0.469 e. The predicted octanol–water partition coefficient (Wildman–Crippen LogP) is 1.86. The molecule has 0 heterocycles. The van der Waals surface area contributed by atoms with Crippen molar-refractivity contribution in [2.24, 2.45) is 5.16 Å². The smallest absolute Gasteiger partial charge is 0.309 e. The highest BCUT2D eigenvalue weighted by atomic mass is 35.5. The third-order valence-electron chi connectivity index (χ3n) is 1.84. The molecular formula is C10H10ClNO3. The fraction of sp³-hybridized carbons (Fsp3) is 0.200. The fourth-order valence-corrected chi connectivity index (χ4v) is 1.34. The molecule has 0 aromatic heterocycles. The monoisotopic (exact) mass is 227 g/mol. The van der Waals surface area contributed by atoms with Gasteiger partial charge in [0.1, 0.15) is 0 Å². The van der Waals surface area contributed by atoms with E-state index in [-0.39, 0.29) is 12.4 Å². The molecule has 0 bridgehead atoms. The summed E-state index contributed by atoms with van der Waals surface area (Å²) in [5, 5.41) is 11.6. The van der Waals surface area contributed by atoms with Crippen molar-refractivity contribution >= 4 is 23.8 Å². The second-order valence-electron chi connectivity index (χ2n) is 2.85. The summed E-state index contributed by atoms with van der Waals surface area (Å²) >= 11 is 5.88. The molecule has 0 unspecified atom stereocenters. The molecule has 80 valence electrons. The van der Waals surface area contributed by atoms with Crippen LogP contribution >= 0.6 is 11.6 Å². The summed E-state index contributed by atoms with van der Waals surface area (Å²) < 4.78 is 4.52. The molecule has 1 N–H and O–H groups in total. The van der Waals surface area contributed by atoms with Crippen LogP contribution in [0.3, 0.4) is 0 Å². The van der Waals surface area contributed by atoms with Gasteiger partial charge in [-0.3, -0.25) is 4.79 Å². The quantitative estimate of drug-likeness (QED) is 0.371. The maximum atomic E-state index is 11.0. The van der Waals surface area contributed by atoms with Gasteiger partial charge < -0.3 is 9.94 Å². The maximum Gasteiger partial charge on any atom is 0.309 e. The van der Waals surface area contributed by atoms with E-state index in [0.717, 1.165) is 5.56 Å².